The van der Waals surface area contributed by atoms with Crippen molar-refractivity contribution in [2.24, 2.45) is 4.99 Å². The number of morpholine rings is 1. The molecule has 2 fully saturated rings. The van der Waals surface area contributed by atoms with E-state index in [0.717, 1.165) is 36.6 Å². The third-order valence-corrected chi connectivity index (χ3v) is 6.24. The molecule has 2 aliphatic heterocycles. The number of carbonyl (C=O) groups excluding carboxylic acids is 1. The minimum absolute atomic E-state index is 0. The molecule has 2 aliphatic rings. The maximum absolute atomic E-state index is 12.9. The number of halogens is 1. The molecule has 34 heavy (non-hydrogen) atoms. The number of benzene rings is 2. The normalized spacial score (nSPS) is 22.8. The van der Waals surface area contributed by atoms with Crippen molar-refractivity contribution in [1.82, 2.24) is 15.5 Å². The lowest BCUT2D eigenvalue weighted by atomic mass is 10.1. The smallest absolute Gasteiger partial charge is 0.254 e. The maximum Gasteiger partial charge on any atom is 0.254 e. The van der Waals surface area contributed by atoms with Crippen molar-refractivity contribution < 1.29 is 9.53 Å². The average molecular weight is 578 g/mol. The van der Waals surface area contributed by atoms with Crippen LogP contribution in [0.1, 0.15) is 36.2 Å². The largest absolute Gasteiger partial charge is 0.372 e. The summed E-state index contributed by atoms with van der Waals surface area (Å²) in [5, 5.41) is 6.94. The van der Waals surface area contributed by atoms with Crippen LogP contribution in [0, 0.1) is 0 Å². The molecule has 3 atom stereocenters. The Kier molecular flexibility index (Phi) is 9.58. The van der Waals surface area contributed by atoms with Gasteiger partial charge in [0.15, 0.2) is 5.96 Å². The van der Waals surface area contributed by atoms with Crippen molar-refractivity contribution in [3.8, 4) is 0 Å². The molecule has 1 amide bonds. The summed E-state index contributed by atoms with van der Waals surface area (Å²) >= 11 is 0. The number of para-hydroxylation sites is 1. The number of guanidine groups is 1. The van der Waals surface area contributed by atoms with E-state index >= 15 is 0 Å². The number of anilines is 1. The molecule has 0 aromatic heterocycles. The van der Waals surface area contributed by atoms with E-state index in [4.69, 9.17) is 4.74 Å². The van der Waals surface area contributed by atoms with Crippen LogP contribution in [0.3, 0.4) is 0 Å². The molecular weight excluding hydrogens is 541 g/mol. The Morgan fingerprint density at radius 2 is 1.71 bits per heavy atom. The Morgan fingerprint density at radius 1 is 1.03 bits per heavy atom. The zero-order valence-electron chi connectivity index (χ0n) is 20.2. The maximum atomic E-state index is 12.9. The second-order valence-corrected chi connectivity index (χ2v) is 9.00. The summed E-state index contributed by atoms with van der Waals surface area (Å²) < 4.78 is 5.74. The van der Waals surface area contributed by atoms with Crippen LogP contribution < -0.4 is 15.5 Å². The second kappa shape index (κ2) is 12.4. The van der Waals surface area contributed by atoms with Gasteiger partial charge in [-0.05, 0) is 50.1 Å². The van der Waals surface area contributed by atoms with Gasteiger partial charge in [0.1, 0.15) is 0 Å². The molecule has 7 nitrogen and oxygen atoms in total. The number of hydrogen-bond donors (Lipinski definition) is 2. The molecule has 0 spiro atoms. The highest BCUT2D eigenvalue weighted by Gasteiger charge is 2.26. The van der Waals surface area contributed by atoms with E-state index in [0.29, 0.717) is 25.7 Å². The summed E-state index contributed by atoms with van der Waals surface area (Å²) in [6.45, 7) is 7.94. The second-order valence-electron chi connectivity index (χ2n) is 9.00. The van der Waals surface area contributed by atoms with E-state index in [1.54, 1.807) is 7.05 Å². The third kappa shape index (κ3) is 6.85. The number of hydrogen-bond acceptors (Lipinski definition) is 4. The molecule has 2 saturated heterocycles. The summed E-state index contributed by atoms with van der Waals surface area (Å²) in [6, 6.07) is 18.7. The van der Waals surface area contributed by atoms with E-state index in [9.17, 15) is 4.79 Å². The molecular formula is C26H36IN5O2. The van der Waals surface area contributed by atoms with Gasteiger partial charge in [-0.3, -0.25) is 9.79 Å². The number of carbonyl (C=O) groups is 1. The predicted octanol–water partition coefficient (Wildman–Crippen LogP) is 3.50. The SMILES string of the molecule is CN=C(NCc1ccc(C(=O)N2CC(C)OC(C)C2)cc1)NC1CCN(c2ccccc2)C1.I. The fraction of sp³-hybridized carbons (Fsp3) is 0.462. The first-order chi connectivity index (χ1) is 16.0. The molecule has 2 heterocycles. The van der Waals surface area contributed by atoms with Crippen molar-refractivity contribution >= 4 is 41.5 Å². The van der Waals surface area contributed by atoms with Crippen LogP contribution in [0.4, 0.5) is 5.69 Å². The zero-order chi connectivity index (χ0) is 23.2. The van der Waals surface area contributed by atoms with Crippen LogP contribution in [0.5, 0.6) is 0 Å². The topological polar surface area (TPSA) is 69.2 Å². The van der Waals surface area contributed by atoms with Gasteiger partial charge >= 0.3 is 0 Å². The lowest BCUT2D eigenvalue weighted by Gasteiger charge is -2.35. The van der Waals surface area contributed by atoms with Gasteiger partial charge in [-0.2, -0.15) is 0 Å². The van der Waals surface area contributed by atoms with Crippen LogP contribution in [0.15, 0.2) is 59.6 Å². The van der Waals surface area contributed by atoms with E-state index in [-0.39, 0.29) is 42.1 Å². The number of amides is 1. The predicted molar refractivity (Wildman–Crippen MR) is 148 cm³/mol. The fourth-order valence-electron chi connectivity index (χ4n) is 4.62. The Balaban J connectivity index is 0.00000324. The molecule has 0 bridgehead atoms. The number of aliphatic imine (C=N–C) groups is 1. The number of nitrogens with one attached hydrogen (secondary N) is 2. The van der Waals surface area contributed by atoms with Gasteiger partial charge in [0.25, 0.3) is 5.91 Å². The summed E-state index contributed by atoms with van der Waals surface area (Å²) in [5.41, 5.74) is 3.09. The highest BCUT2D eigenvalue weighted by atomic mass is 127. The Labute approximate surface area is 220 Å². The lowest BCUT2D eigenvalue weighted by molar-refractivity contribution is -0.0586. The highest BCUT2D eigenvalue weighted by Crippen LogP contribution is 2.19. The molecule has 2 aromatic rings. The molecule has 2 N–H and O–H groups in total. The molecule has 0 aliphatic carbocycles. The van der Waals surface area contributed by atoms with Crippen LogP contribution in [0.2, 0.25) is 0 Å². The summed E-state index contributed by atoms with van der Waals surface area (Å²) in [5.74, 6) is 0.865. The van der Waals surface area contributed by atoms with E-state index in [1.807, 2.05) is 49.1 Å². The van der Waals surface area contributed by atoms with E-state index < -0.39 is 0 Å². The van der Waals surface area contributed by atoms with Crippen molar-refractivity contribution in [1.29, 1.82) is 0 Å². The molecule has 3 unspecified atom stereocenters. The number of ether oxygens (including phenoxy) is 1. The quantitative estimate of drug-likeness (QED) is 0.324. The monoisotopic (exact) mass is 577 g/mol. The fourth-order valence-corrected chi connectivity index (χ4v) is 4.62. The summed E-state index contributed by atoms with van der Waals surface area (Å²) in [7, 11) is 1.80. The number of nitrogens with zero attached hydrogens (tertiary/aromatic N) is 3. The third-order valence-electron chi connectivity index (χ3n) is 6.24. The van der Waals surface area contributed by atoms with Crippen LogP contribution in [-0.4, -0.2) is 68.2 Å². The Hall–Kier alpha value is -2.33. The van der Waals surface area contributed by atoms with Gasteiger partial charge in [-0.15, -0.1) is 24.0 Å². The van der Waals surface area contributed by atoms with Crippen molar-refractivity contribution in [3.05, 3.63) is 65.7 Å². The molecule has 8 heteroatoms. The summed E-state index contributed by atoms with van der Waals surface area (Å²) in [4.78, 5) is 21.5. The molecule has 0 saturated carbocycles. The van der Waals surface area contributed by atoms with Gasteiger partial charge in [0.05, 0.1) is 12.2 Å². The minimum atomic E-state index is 0. The first-order valence-corrected chi connectivity index (χ1v) is 11.8. The number of rotatable bonds is 5. The Bertz CT molecular complexity index is 943. The van der Waals surface area contributed by atoms with Crippen molar-refractivity contribution in [3.63, 3.8) is 0 Å². The average Bonchev–Trinajstić information content (AvgIpc) is 3.30. The van der Waals surface area contributed by atoms with Gasteiger partial charge in [0.2, 0.25) is 0 Å². The first-order valence-electron chi connectivity index (χ1n) is 11.8. The first kappa shape index (κ1) is 26.3. The van der Waals surface area contributed by atoms with Crippen LogP contribution in [0.25, 0.3) is 0 Å². The van der Waals surface area contributed by atoms with E-state index in [2.05, 4.69) is 44.8 Å². The van der Waals surface area contributed by atoms with Crippen molar-refractivity contribution in [2.75, 3.05) is 38.1 Å². The minimum Gasteiger partial charge on any atom is -0.372 e. The van der Waals surface area contributed by atoms with Gasteiger partial charge in [-0.25, -0.2) is 0 Å². The molecule has 0 radical (unpaired) electrons. The standard InChI is InChI=1S/C26H35N5O2.HI/c1-19-16-31(17-20(2)33-19)25(32)22-11-9-21(10-12-22)15-28-26(27-3)29-23-13-14-30(18-23)24-7-5-4-6-8-24;/h4-12,19-20,23H,13-18H2,1-3H3,(H2,27,28,29);1H. The van der Waals surface area contributed by atoms with Crippen LogP contribution >= 0.6 is 24.0 Å². The Morgan fingerprint density at radius 3 is 2.35 bits per heavy atom. The van der Waals surface area contributed by atoms with Crippen LogP contribution in [-0.2, 0) is 11.3 Å². The molecule has 184 valence electrons. The van der Waals surface area contributed by atoms with Crippen molar-refractivity contribution in [2.45, 2.75) is 45.1 Å². The highest BCUT2D eigenvalue weighted by molar-refractivity contribution is 14.0. The summed E-state index contributed by atoms with van der Waals surface area (Å²) in [6.07, 6.45) is 1.21. The zero-order valence-corrected chi connectivity index (χ0v) is 22.6. The van der Waals surface area contributed by atoms with E-state index in [1.165, 1.54) is 5.69 Å². The molecule has 4 rings (SSSR count). The lowest BCUT2D eigenvalue weighted by Crippen LogP contribution is -2.48. The van der Waals surface area contributed by atoms with Gasteiger partial charge in [0, 0.05) is 57.1 Å². The van der Waals surface area contributed by atoms with Gasteiger partial charge in [-0.1, -0.05) is 30.3 Å². The molecule has 2 aromatic carbocycles. The van der Waals surface area contributed by atoms with Gasteiger partial charge < -0.3 is 25.2 Å².